The van der Waals surface area contributed by atoms with Crippen molar-refractivity contribution in [2.75, 3.05) is 19.6 Å². The molecule has 1 aromatic rings. The minimum atomic E-state index is -1.97. The van der Waals surface area contributed by atoms with Crippen molar-refractivity contribution in [3.8, 4) is 0 Å². The molecule has 39 heavy (non-hydrogen) atoms. The number of thioether (sulfide) groups is 1. The molecule has 4 rings (SSSR count). The number of nitrogens with zero attached hydrogens (tertiary/aromatic N) is 3. The van der Waals surface area contributed by atoms with E-state index in [-0.39, 0.29) is 19.5 Å². The second-order valence-corrected chi connectivity index (χ2v) is 11.5. The maximum Gasteiger partial charge on any atom is 0.327 e. The van der Waals surface area contributed by atoms with Crippen LogP contribution in [-0.2, 0) is 28.8 Å². The average Bonchev–Trinajstić information content (AvgIpc) is 3.17. The van der Waals surface area contributed by atoms with Crippen LogP contribution in [-0.4, -0.2) is 103 Å². The number of imide groups is 1. The summed E-state index contributed by atoms with van der Waals surface area (Å²) in [6, 6.07) is 4.34. The van der Waals surface area contributed by atoms with Gasteiger partial charge in [0.15, 0.2) is 0 Å². The molecule has 3 aliphatic rings. The van der Waals surface area contributed by atoms with Crippen LogP contribution in [0.25, 0.3) is 0 Å². The highest BCUT2D eigenvalue weighted by atomic mass is 32.2. The first-order chi connectivity index (χ1) is 18.4. The number of nitrogens with one attached hydrogen (secondary N) is 3. The van der Waals surface area contributed by atoms with Gasteiger partial charge in [-0.05, 0) is 26.3 Å². The Morgan fingerprint density at radius 2 is 1.79 bits per heavy atom. The highest BCUT2D eigenvalue weighted by Crippen LogP contribution is 2.54. The molecule has 15 heteroatoms. The number of benzene rings is 1. The summed E-state index contributed by atoms with van der Waals surface area (Å²) >= 11 is 1.10. The predicted octanol–water partition coefficient (Wildman–Crippen LogP) is -1.17. The Morgan fingerprint density at radius 1 is 1.13 bits per heavy atom. The van der Waals surface area contributed by atoms with Crippen molar-refractivity contribution in [1.29, 1.82) is 0 Å². The van der Waals surface area contributed by atoms with E-state index in [0.29, 0.717) is 17.0 Å². The quantitative estimate of drug-likeness (QED) is 0.132. The number of carboxylic acid groups (broad SMARTS) is 1. The molecule has 4 atom stereocenters. The monoisotopic (exact) mass is 560 g/mol. The summed E-state index contributed by atoms with van der Waals surface area (Å²) < 4.78 is -0.941. The average molecular weight is 561 g/mol. The Balaban J connectivity index is 1.61. The van der Waals surface area contributed by atoms with Crippen LogP contribution in [0.15, 0.2) is 30.3 Å². The standard InChI is InChI=1S/C24H28N6O8S/c1-4-28-10-11-29(18(34)17(28)33)22(38)26-14(13-8-6-5-7-9-13)16(32)27-24(25-12-31)20(37)30-15(19(35)36)23(2,3)39-21(24)30/h5-9,12,14-15,21H,4,10-11H2,1-3H3,(H,25,31)(H,26,38)(H,27,32)(H,35,36)/t14?,15-,21+,24+/m0/s1. The number of aliphatic carboxylic acids is 1. The van der Waals surface area contributed by atoms with Crippen molar-refractivity contribution >= 4 is 53.8 Å². The van der Waals surface area contributed by atoms with Gasteiger partial charge < -0.3 is 30.9 Å². The molecule has 0 bridgehead atoms. The molecule has 1 unspecified atom stereocenters. The molecule has 4 N–H and O–H groups in total. The molecule has 1 aromatic carbocycles. The van der Waals surface area contributed by atoms with Gasteiger partial charge in [-0.3, -0.25) is 28.9 Å². The van der Waals surface area contributed by atoms with Crippen LogP contribution in [0.2, 0.25) is 0 Å². The maximum absolute atomic E-state index is 13.6. The smallest absolute Gasteiger partial charge is 0.327 e. The summed E-state index contributed by atoms with van der Waals surface area (Å²) in [4.78, 5) is 91.4. The Labute approximate surface area is 227 Å². The van der Waals surface area contributed by atoms with E-state index in [1.54, 1.807) is 39.0 Å². The second-order valence-electron chi connectivity index (χ2n) is 9.72. The third-order valence-electron chi connectivity index (χ3n) is 6.99. The van der Waals surface area contributed by atoms with Gasteiger partial charge in [0.2, 0.25) is 18.0 Å². The van der Waals surface area contributed by atoms with Crippen LogP contribution in [0.1, 0.15) is 32.4 Å². The lowest BCUT2D eigenvalue weighted by molar-refractivity contribution is -0.172. The first-order valence-corrected chi connectivity index (χ1v) is 13.0. The fraction of sp³-hybridized carbons (Fsp3) is 0.458. The summed E-state index contributed by atoms with van der Waals surface area (Å²) in [6.07, 6.45) is 0.227. The second kappa shape index (κ2) is 10.2. The van der Waals surface area contributed by atoms with E-state index in [0.717, 1.165) is 16.7 Å². The molecule has 0 radical (unpaired) electrons. The molecule has 3 heterocycles. The minimum Gasteiger partial charge on any atom is -0.480 e. The van der Waals surface area contributed by atoms with Gasteiger partial charge in [0.25, 0.3) is 5.91 Å². The normalized spacial score (nSPS) is 26.3. The number of likely N-dealkylation sites (N-methyl/N-ethyl adjacent to an activating group) is 1. The lowest BCUT2D eigenvalue weighted by Gasteiger charge is -2.52. The number of urea groups is 1. The Bertz CT molecular complexity index is 1240. The van der Waals surface area contributed by atoms with Crippen LogP contribution in [0.4, 0.5) is 4.79 Å². The third-order valence-corrected chi connectivity index (χ3v) is 8.62. The number of β-lactam (4-membered cyclic amide) rings is 1. The van der Waals surface area contributed by atoms with Crippen LogP contribution in [0.5, 0.6) is 0 Å². The molecule has 3 saturated heterocycles. The number of carboxylic acids is 1. The zero-order valence-electron chi connectivity index (χ0n) is 21.4. The molecular formula is C24H28N6O8S. The van der Waals surface area contributed by atoms with E-state index in [4.69, 9.17) is 0 Å². The molecule has 7 amide bonds. The molecule has 0 saturated carbocycles. The number of carbonyl (C=O) groups excluding carboxylic acids is 6. The first kappa shape index (κ1) is 27.9. The number of piperazine rings is 1. The van der Waals surface area contributed by atoms with E-state index in [1.807, 2.05) is 0 Å². The predicted molar refractivity (Wildman–Crippen MR) is 135 cm³/mol. The number of carbonyl (C=O) groups is 7. The summed E-state index contributed by atoms with van der Waals surface area (Å²) in [7, 11) is 0. The van der Waals surface area contributed by atoms with Gasteiger partial charge in [-0.1, -0.05) is 30.3 Å². The van der Waals surface area contributed by atoms with Gasteiger partial charge in [-0.25, -0.2) is 9.59 Å². The van der Waals surface area contributed by atoms with Crippen LogP contribution < -0.4 is 16.0 Å². The summed E-state index contributed by atoms with van der Waals surface area (Å²) in [5.74, 6) is -4.84. The van der Waals surface area contributed by atoms with Crippen molar-refractivity contribution in [2.24, 2.45) is 0 Å². The van der Waals surface area contributed by atoms with E-state index in [2.05, 4.69) is 16.0 Å². The van der Waals surface area contributed by atoms with E-state index in [1.165, 1.54) is 17.0 Å². The lowest BCUT2D eigenvalue weighted by Crippen LogP contribution is -2.85. The highest BCUT2D eigenvalue weighted by molar-refractivity contribution is 8.01. The molecule has 0 aromatic heterocycles. The van der Waals surface area contributed by atoms with Gasteiger partial charge in [-0.15, -0.1) is 11.8 Å². The fourth-order valence-corrected chi connectivity index (χ4v) is 6.67. The van der Waals surface area contributed by atoms with E-state index >= 15 is 0 Å². The van der Waals surface area contributed by atoms with Gasteiger partial charge in [0.05, 0.1) is 0 Å². The van der Waals surface area contributed by atoms with Crippen LogP contribution >= 0.6 is 11.8 Å². The Kier molecular flexibility index (Phi) is 7.29. The Hall–Kier alpha value is -4.14. The lowest BCUT2D eigenvalue weighted by atomic mass is 9.91. The van der Waals surface area contributed by atoms with E-state index in [9.17, 15) is 38.7 Å². The molecule has 14 nitrogen and oxygen atoms in total. The van der Waals surface area contributed by atoms with Gasteiger partial charge in [-0.2, -0.15) is 0 Å². The summed E-state index contributed by atoms with van der Waals surface area (Å²) in [5, 5.41) is 16.1. The number of hydrogen-bond acceptors (Lipinski definition) is 8. The van der Waals surface area contributed by atoms with Crippen molar-refractivity contribution in [3.05, 3.63) is 35.9 Å². The first-order valence-electron chi connectivity index (χ1n) is 12.1. The van der Waals surface area contributed by atoms with Crippen LogP contribution in [0, 0.1) is 0 Å². The Morgan fingerprint density at radius 3 is 2.38 bits per heavy atom. The molecule has 208 valence electrons. The maximum atomic E-state index is 13.6. The zero-order valence-corrected chi connectivity index (χ0v) is 22.2. The van der Waals surface area contributed by atoms with E-state index < -0.39 is 63.5 Å². The molecule has 3 fully saturated rings. The fourth-order valence-electron chi connectivity index (χ4n) is 5.02. The molecule has 0 aliphatic carbocycles. The van der Waals surface area contributed by atoms with Crippen molar-refractivity contribution in [1.82, 2.24) is 30.7 Å². The van der Waals surface area contributed by atoms with Crippen LogP contribution in [0.3, 0.4) is 0 Å². The van der Waals surface area contributed by atoms with Crippen molar-refractivity contribution in [3.63, 3.8) is 0 Å². The SMILES string of the molecule is CCN1CCN(C(=O)NC(C(=O)N[C@]2(NC=O)C(=O)N3[C@@H](C(=O)O)C(C)(C)S[C@@H]32)c2ccccc2)C(=O)C1=O. The minimum absolute atomic E-state index is 0.0815. The topological polar surface area (TPSA) is 186 Å². The highest BCUT2D eigenvalue weighted by Gasteiger charge is 2.72. The number of hydrogen-bond donors (Lipinski definition) is 4. The zero-order chi connectivity index (χ0) is 28.7. The number of rotatable bonds is 8. The van der Waals surface area contributed by atoms with Gasteiger partial charge >= 0.3 is 23.8 Å². The third kappa shape index (κ3) is 4.56. The molecule has 0 spiro atoms. The van der Waals surface area contributed by atoms with Gasteiger partial charge in [0, 0.05) is 24.4 Å². The number of fused-ring (bicyclic) bond motifs is 1. The largest absolute Gasteiger partial charge is 0.480 e. The van der Waals surface area contributed by atoms with Crippen molar-refractivity contribution < 1.29 is 38.7 Å². The molecule has 3 aliphatic heterocycles. The molecular weight excluding hydrogens is 532 g/mol. The number of amides is 7. The summed E-state index contributed by atoms with van der Waals surface area (Å²) in [6.45, 7) is 5.32. The van der Waals surface area contributed by atoms with Crippen molar-refractivity contribution in [2.45, 2.75) is 48.6 Å². The van der Waals surface area contributed by atoms with Gasteiger partial charge in [0.1, 0.15) is 17.5 Å². The summed E-state index contributed by atoms with van der Waals surface area (Å²) in [5.41, 5.74) is -1.68.